The summed E-state index contributed by atoms with van der Waals surface area (Å²) in [6.07, 6.45) is 7.15. The Morgan fingerprint density at radius 1 is 0.970 bits per heavy atom. The maximum atomic E-state index is 13.7. The predicted molar refractivity (Wildman–Crippen MR) is 138 cm³/mol. The number of benzene rings is 2. The van der Waals surface area contributed by atoms with Gasteiger partial charge in [-0.2, -0.15) is 0 Å². The lowest BCUT2D eigenvalue weighted by Gasteiger charge is -2.39. The Labute approximate surface area is 200 Å². The Balaban J connectivity index is 2.08. The van der Waals surface area contributed by atoms with Crippen LogP contribution in [0, 0.1) is 5.41 Å². The van der Waals surface area contributed by atoms with E-state index in [-0.39, 0.29) is 11.7 Å². The second kappa shape index (κ2) is 11.5. The van der Waals surface area contributed by atoms with Crippen molar-refractivity contribution in [3.05, 3.63) is 59.7 Å². The highest BCUT2D eigenvalue weighted by Crippen LogP contribution is 2.49. The highest BCUT2D eigenvalue weighted by molar-refractivity contribution is 7.91. The van der Waals surface area contributed by atoms with E-state index in [9.17, 15) is 13.5 Å². The summed E-state index contributed by atoms with van der Waals surface area (Å²) >= 11 is 0. The Bertz CT molecular complexity index is 989. The fourth-order valence-corrected chi connectivity index (χ4v) is 7.55. The van der Waals surface area contributed by atoms with E-state index >= 15 is 0 Å². The summed E-state index contributed by atoms with van der Waals surface area (Å²) in [4.78, 5) is 0.374. The molecule has 2 N–H and O–H groups in total. The van der Waals surface area contributed by atoms with E-state index in [0.29, 0.717) is 17.7 Å². The van der Waals surface area contributed by atoms with Crippen LogP contribution in [0.15, 0.2) is 53.4 Å². The van der Waals surface area contributed by atoms with Gasteiger partial charge >= 0.3 is 0 Å². The number of sulfone groups is 1. The highest BCUT2D eigenvalue weighted by Gasteiger charge is 2.48. The number of hydrogen-bond donors (Lipinski definition) is 2. The Kier molecular flexibility index (Phi) is 9.00. The molecule has 1 unspecified atom stereocenters. The molecule has 0 fully saturated rings. The molecule has 182 valence electrons. The van der Waals surface area contributed by atoms with Crippen LogP contribution in [0.2, 0.25) is 0 Å². The first-order chi connectivity index (χ1) is 15.9. The van der Waals surface area contributed by atoms with Gasteiger partial charge in [0.2, 0.25) is 0 Å². The quantitative estimate of drug-likeness (QED) is 0.365. The van der Waals surface area contributed by atoms with Crippen molar-refractivity contribution in [2.75, 3.05) is 17.6 Å². The van der Waals surface area contributed by atoms with Crippen molar-refractivity contribution >= 4 is 15.5 Å². The molecule has 5 heteroatoms. The van der Waals surface area contributed by atoms with E-state index in [4.69, 9.17) is 0 Å². The Hall–Kier alpha value is -1.85. The molecule has 0 aromatic heterocycles. The van der Waals surface area contributed by atoms with Crippen LogP contribution in [0.1, 0.15) is 89.2 Å². The van der Waals surface area contributed by atoms with Gasteiger partial charge in [-0.1, -0.05) is 83.2 Å². The summed E-state index contributed by atoms with van der Waals surface area (Å²) < 4.78 is 27.3. The minimum Gasteiger partial charge on any atom is -0.392 e. The zero-order chi connectivity index (χ0) is 23.9. The van der Waals surface area contributed by atoms with Crippen LogP contribution >= 0.6 is 0 Å². The van der Waals surface area contributed by atoms with Gasteiger partial charge in [0, 0.05) is 23.6 Å². The van der Waals surface area contributed by atoms with Gasteiger partial charge in [-0.3, -0.25) is 0 Å². The van der Waals surface area contributed by atoms with Crippen molar-refractivity contribution in [2.45, 2.75) is 89.1 Å². The maximum absolute atomic E-state index is 13.7. The highest BCUT2D eigenvalue weighted by atomic mass is 32.2. The van der Waals surface area contributed by atoms with Gasteiger partial charge in [0.05, 0.1) is 16.8 Å². The number of hydrogen-bond acceptors (Lipinski definition) is 4. The SMILES string of the molecule is CCCCCCNc1ccc2c(c1)C(c1ccccc1)[C@@H](O)[C@](CC)(CCCC)CS2(=O)=O. The second-order valence-electron chi connectivity index (χ2n) is 9.65. The molecular formula is C28H41NO3S. The molecule has 2 aromatic rings. The third-order valence-corrected chi connectivity index (χ3v) is 9.35. The fraction of sp³-hybridized carbons (Fsp3) is 0.571. The van der Waals surface area contributed by atoms with E-state index in [1.807, 2.05) is 49.4 Å². The number of aliphatic hydroxyl groups excluding tert-OH is 1. The van der Waals surface area contributed by atoms with Crippen molar-refractivity contribution in [3.63, 3.8) is 0 Å². The largest absolute Gasteiger partial charge is 0.392 e. The average Bonchev–Trinajstić information content (AvgIpc) is 2.89. The predicted octanol–water partition coefficient (Wildman–Crippen LogP) is 6.55. The summed E-state index contributed by atoms with van der Waals surface area (Å²) in [5.74, 6) is -0.380. The molecule has 0 radical (unpaired) electrons. The molecule has 0 saturated heterocycles. The van der Waals surface area contributed by atoms with E-state index in [0.717, 1.165) is 42.6 Å². The van der Waals surface area contributed by atoms with Crippen LogP contribution in [0.25, 0.3) is 0 Å². The molecule has 0 spiro atoms. The number of unbranched alkanes of at least 4 members (excludes halogenated alkanes) is 4. The first-order valence-electron chi connectivity index (χ1n) is 12.7. The molecule has 0 saturated carbocycles. The summed E-state index contributed by atoms with van der Waals surface area (Å²) in [5, 5.41) is 15.4. The zero-order valence-electron chi connectivity index (χ0n) is 20.5. The van der Waals surface area contributed by atoms with Crippen LogP contribution in [0.4, 0.5) is 5.69 Å². The summed E-state index contributed by atoms with van der Waals surface area (Å²) in [6.45, 7) is 7.20. The molecule has 0 bridgehead atoms. The van der Waals surface area contributed by atoms with Gasteiger partial charge in [0.15, 0.2) is 9.84 Å². The third-order valence-electron chi connectivity index (χ3n) is 7.35. The number of fused-ring (bicyclic) bond motifs is 1. The zero-order valence-corrected chi connectivity index (χ0v) is 21.3. The van der Waals surface area contributed by atoms with Crippen molar-refractivity contribution in [2.24, 2.45) is 5.41 Å². The lowest BCUT2D eigenvalue weighted by atomic mass is 9.69. The summed E-state index contributed by atoms with van der Waals surface area (Å²) in [7, 11) is -3.54. The van der Waals surface area contributed by atoms with Crippen molar-refractivity contribution < 1.29 is 13.5 Å². The monoisotopic (exact) mass is 471 g/mol. The van der Waals surface area contributed by atoms with Crippen LogP contribution in [0.5, 0.6) is 0 Å². The third kappa shape index (κ3) is 5.81. The molecule has 2 aromatic carbocycles. The lowest BCUT2D eigenvalue weighted by Crippen LogP contribution is -2.42. The minimum atomic E-state index is -3.54. The molecule has 3 rings (SSSR count). The minimum absolute atomic E-state index is 0.00219. The van der Waals surface area contributed by atoms with Gasteiger partial charge < -0.3 is 10.4 Å². The van der Waals surface area contributed by atoms with Crippen molar-refractivity contribution in [1.82, 2.24) is 0 Å². The van der Waals surface area contributed by atoms with Gasteiger partial charge in [-0.05, 0) is 48.6 Å². The fourth-order valence-electron chi connectivity index (χ4n) is 5.29. The Morgan fingerprint density at radius 3 is 2.36 bits per heavy atom. The number of rotatable bonds is 11. The van der Waals surface area contributed by atoms with Crippen LogP contribution < -0.4 is 5.32 Å². The van der Waals surface area contributed by atoms with E-state index in [2.05, 4.69) is 19.2 Å². The van der Waals surface area contributed by atoms with Gasteiger partial charge in [-0.25, -0.2) is 8.42 Å². The molecule has 3 atom stereocenters. The van der Waals surface area contributed by atoms with E-state index in [1.165, 1.54) is 19.3 Å². The van der Waals surface area contributed by atoms with Crippen molar-refractivity contribution in [1.29, 1.82) is 0 Å². The van der Waals surface area contributed by atoms with Crippen LogP contribution in [-0.2, 0) is 9.84 Å². The average molecular weight is 472 g/mol. The Morgan fingerprint density at radius 2 is 1.70 bits per heavy atom. The van der Waals surface area contributed by atoms with E-state index < -0.39 is 21.4 Å². The molecule has 0 amide bonds. The smallest absolute Gasteiger partial charge is 0.179 e. The number of anilines is 1. The molecule has 33 heavy (non-hydrogen) atoms. The molecule has 4 nitrogen and oxygen atoms in total. The van der Waals surface area contributed by atoms with Gasteiger partial charge in [0.1, 0.15) is 0 Å². The van der Waals surface area contributed by atoms with Crippen LogP contribution in [0.3, 0.4) is 0 Å². The van der Waals surface area contributed by atoms with Gasteiger partial charge in [-0.15, -0.1) is 0 Å². The second-order valence-corrected chi connectivity index (χ2v) is 11.6. The standard InChI is InChI=1S/C28H41NO3S/c1-4-7-9-13-19-29-23-16-17-25-24(20-23)26(22-14-11-10-12-15-22)27(30)28(6-3,18-8-5-2)21-33(25,31)32/h10-12,14-17,20,26-27,29-30H,4-9,13,18-19,21H2,1-3H3/t26?,27-,28-/m1/s1. The first kappa shape index (κ1) is 25.8. The number of nitrogens with one attached hydrogen (secondary N) is 1. The summed E-state index contributed by atoms with van der Waals surface area (Å²) in [5.41, 5.74) is 1.95. The normalized spacial score (nSPS) is 24.1. The first-order valence-corrected chi connectivity index (χ1v) is 14.4. The molecule has 1 aliphatic heterocycles. The molecule has 0 aliphatic carbocycles. The van der Waals surface area contributed by atoms with E-state index in [1.54, 1.807) is 6.07 Å². The molecule has 1 aliphatic rings. The molecular weight excluding hydrogens is 430 g/mol. The van der Waals surface area contributed by atoms with Crippen molar-refractivity contribution in [3.8, 4) is 0 Å². The summed E-state index contributed by atoms with van der Waals surface area (Å²) in [6, 6.07) is 15.5. The van der Waals surface area contributed by atoms with Crippen LogP contribution in [-0.4, -0.2) is 31.9 Å². The number of aliphatic hydroxyl groups is 1. The lowest BCUT2D eigenvalue weighted by molar-refractivity contribution is 0.0174. The van der Waals surface area contributed by atoms with Gasteiger partial charge in [0.25, 0.3) is 0 Å². The topological polar surface area (TPSA) is 66.4 Å². The molecule has 1 heterocycles. The maximum Gasteiger partial charge on any atom is 0.179 e.